The maximum Gasteiger partial charge on any atom is 0.139 e. The van der Waals surface area contributed by atoms with Gasteiger partial charge in [0.1, 0.15) is 5.75 Å². The third-order valence-electron chi connectivity index (χ3n) is 1.88. The molecule has 0 unspecified atom stereocenters. The predicted octanol–water partition coefficient (Wildman–Crippen LogP) is 3.48. The van der Waals surface area contributed by atoms with Gasteiger partial charge in [-0.25, -0.2) is 0 Å². The second kappa shape index (κ2) is 6.38. The van der Waals surface area contributed by atoms with E-state index in [0.717, 1.165) is 0 Å². The topological polar surface area (TPSA) is 46.2 Å². The van der Waals surface area contributed by atoms with Crippen molar-refractivity contribution in [3.8, 4) is 5.75 Å². The van der Waals surface area contributed by atoms with Gasteiger partial charge >= 0.3 is 0 Å². The Hall–Kier alpha value is -0.220. The zero-order chi connectivity index (χ0) is 10.7. The maximum atomic E-state index is 12.0. The van der Waals surface area contributed by atoms with Crippen LogP contribution in [0.15, 0.2) is 12.1 Å². The van der Waals surface area contributed by atoms with Crippen LogP contribution in [0.5, 0.6) is 5.75 Å². The van der Waals surface area contributed by atoms with Gasteiger partial charge in [-0.15, -0.1) is 12.4 Å². The molecule has 86 valence electrons. The Labute approximate surface area is 104 Å². The van der Waals surface area contributed by atoms with Crippen molar-refractivity contribution < 1.29 is 9.50 Å². The summed E-state index contributed by atoms with van der Waals surface area (Å²) in [5, 5.41) is 10.0. The molecule has 1 aromatic rings. The minimum absolute atomic E-state index is 0. The molecule has 0 bridgehead atoms. The van der Waals surface area contributed by atoms with Gasteiger partial charge in [-0.05, 0) is 18.6 Å². The summed E-state index contributed by atoms with van der Waals surface area (Å²) in [6.45, 7) is -0.551. The molecule has 0 spiro atoms. The number of rotatable bonds is 3. The van der Waals surface area contributed by atoms with E-state index in [2.05, 4.69) is 0 Å². The molecule has 0 saturated heterocycles. The van der Waals surface area contributed by atoms with Gasteiger partial charge in [-0.3, -0.25) is 4.39 Å². The number of alkyl halides is 1. The van der Waals surface area contributed by atoms with Crippen molar-refractivity contribution in [2.75, 3.05) is 6.67 Å². The van der Waals surface area contributed by atoms with Crippen LogP contribution in [0.4, 0.5) is 4.39 Å². The standard InChI is InChI=1S/C9H10Cl2FNO.ClH/c10-5-3-6(8(13)1-2-12)9(14)7(11)4-5;/h3-4,8,14H,1-2,13H2;1H/t8-;/m1./s1. The molecule has 0 aliphatic carbocycles. The molecule has 1 aromatic carbocycles. The molecule has 2 nitrogen and oxygen atoms in total. The quantitative estimate of drug-likeness (QED) is 0.886. The Morgan fingerprint density at radius 1 is 1.40 bits per heavy atom. The number of hydrogen-bond donors (Lipinski definition) is 2. The van der Waals surface area contributed by atoms with E-state index in [1.165, 1.54) is 12.1 Å². The van der Waals surface area contributed by atoms with Crippen LogP contribution in [-0.4, -0.2) is 11.8 Å². The maximum absolute atomic E-state index is 12.0. The van der Waals surface area contributed by atoms with Gasteiger partial charge in [-0.1, -0.05) is 23.2 Å². The van der Waals surface area contributed by atoms with E-state index in [0.29, 0.717) is 10.6 Å². The van der Waals surface area contributed by atoms with Gasteiger partial charge in [-0.2, -0.15) is 0 Å². The van der Waals surface area contributed by atoms with Gasteiger partial charge in [0.15, 0.2) is 0 Å². The average molecular weight is 275 g/mol. The lowest BCUT2D eigenvalue weighted by Crippen LogP contribution is -2.11. The zero-order valence-electron chi connectivity index (χ0n) is 7.71. The summed E-state index contributed by atoms with van der Waals surface area (Å²) < 4.78 is 12.0. The Kier molecular flexibility index (Phi) is 6.29. The Bertz CT molecular complexity index is 335. The summed E-state index contributed by atoms with van der Waals surface area (Å²) in [6, 6.07) is 2.31. The number of halogens is 4. The molecule has 0 saturated carbocycles. The SMILES string of the molecule is Cl.N[C@H](CCF)c1cc(Cl)cc(Cl)c1O. The molecule has 15 heavy (non-hydrogen) atoms. The van der Waals surface area contributed by atoms with Crippen molar-refractivity contribution in [1.82, 2.24) is 0 Å². The zero-order valence-corrected chi connectivity index (χ0v) is 10.0. The van der Waals surface area contributed by atoms with E-state index in [1.807, 2.05) is 0 Å². The van der Waals surface area contributed by atoms with Crippen LogP contribution in [0.1, 0.15) is 18.0 Å². The number of phenols is 1. The number of phenolic OH excluding ortho intramolecular Hbond substituents is 1. The van der Waals surface area contributed by atoms with E-state index >= 15 is 0 Å². The van der Waals surface area contributed by atoms with Gasteiger partial charge < -0.3 is 10.8 Å². The van der Waals surface area contributed by atoms with Crippen LogP contribution >= 0.6 is 35.6 Å². The second-order valence-corrected chi connectivity index (χ2v) is 3.75. The van der Waals surface area contributed by atoms with Crippen molar-refractivity contribution in [3.05, 3.63) is 27.7 Å². The monoisotopic (exact) mass is 273 g/mol. The van der Waals surface area contributed by atoms with E-state index < -0.39 is 12.7 Å². The van der Waals surface area contributed by atoms with Crippen LogP contribution in [0.3, 0.4) is 0 Å². The van der Waals surface area contributed by atoms with Crippen molar-refractivity contribution in [2.24, 2.45) is 5.73 Å². The molecule has 0 fully saturated rings. The summed E-state index contributed by atoms with van der Waals surface area (Å²) in [6.07, 6.45) is 0.129. The van der Waals surface area contributed by atoms with Crippen LogP contribution in [-0.2, 0) is 0 Å². The highest BCUT2D eigenvalue weighted by molar-refractivity contribution is 6.35. The lowest BCUT2D eigenvalue weighted by Gasteiger charge is -2.13. The van der Waals surface area contributed by atoms with Crippen LogP contribution in [0.2, 0.25) is 10.0 Å². The summed E-state index contributed by atoms with van der Waals surface area (Å²) >= 11 is 11.4. The van der Waals surface area contributed by atoms with Crippen LogP contribution in [0.25, 0.3) is 0 Å². The molecule has 0 aliphatic rings. The fourth-order valence-electron chi connectivity index (χ4n) is 1.14. The highest BCUT2D eigenvalue weighted by Crippen LogP contribution is 2.34. The minimum atomic E-state index is -0.587. The first-order valence-electron chi connectivity index (χ1n) is 4.05. The number of aromatic hydroxyl groups is 1. The van der Waals surface area contributed by atoms with Gasteiger partial charge in [0.05, 0.1) is 11.7 Å². The molecule has 0 aromatic heterocycles. The molecule has 1 atom stereocenters. The molecular formula is C9H11Cl3FNO. The molecule has 3 N–H and O–H groups in total. The lowest BCUT2D eigenvalue weighted by molar-refractivity contribution is 0.424. The molecule has 1 rings (SSSR count). The Balaban J connectivity index is 0.00000196. The van der Waals surface area contributed by atoms with Crippen LogP contribution < -0.4 is 5.73 Å². The molecule has 6 heteroatoms. The predicted molar refractivity (Wildman–Crippen MR) is 62.9 cm³/mol. The molecular weight excluding hydrogens is 263 g/mol. The van der Waals surface area contributed by atoms with Gasteiger partial charge in [0.2, 0.25) is 0 Å². The van der Waals surface area contributed by atoms with Crippen LogP contribution in [0, 0.1) is 0 Å². The smallest absolute Gasteiger partial charge is 0.139 e. The number of hydrogen-bond acceptors (Lipinski definition) is 2. The minimum Gasteiger partial charge on any atom is -0.506 e. The third kappa shape index (κ3) is 3.68. The van der Waals surface area contributed by atoms with E-state index in [1.54, 1.807) is 0 Å². The lowest BCUT2D eigenvalue weighted by atomic mass is 10.0. The average Bonchev–Trinajstić information content (AvgIpc) is 2.11. The number of nitrogens with two attached hydrogens (primary N) is 1. The summed E-state index contributed by atoms with van der Waals surface area (Å²) in [5.41, 5.74) is 6.00. The first-order valence-corrected chi connectivity index (χ1v) is 4.81. The fourth-order valence-corrected chi connectivity index (χ4v) is 1.65. The Morgan fingerprint density at radius 3 is 2.53 bits per heavy atom. The summed E-state index contributed by atoms with van der Waals surface area (Å²) in [4.78, 5) is 0. The van der Waals surface area contributed by atoms with Gasteiger partial charge in [0.25, 0.3) is 0 Å². The summed E-state index contributed by atoms with van der Waals surface area (Å²) in [7, 11) is 0. The molecule has 0 radical (unpaired) electrons. The second-order valence-electron chi connectivity index (χ2n) is 2.91. The van der Waals surface area contributed by atoms with Gasteiger partial charge in [0, 0.05) is 16.6 Å². The highest BCUT2D eigenvalue weighted by Gasteiger charge is 2.14. The highest BCUT2D eigenvalue weighted by atomic mass is 35.5. The normalized spacial score (nSPS) is 12.0. The molecule has 0 aliphatic heterocycles. The number of benzene rings is 1. The van der Waals surface area contributed by atoms with Crippen molar-refractivity contribution in [2.45, 2.75) is 12.5 Å². The largest absolute Gasteiger partial charge is 0.506 e. The van der Waals surface area contributed by atoms with Crippen molar-refractivity contribution >= 4 is 35.6 Å². The van der Waals surface area contributed by atoms with Crippen molar-refractivity contribution in [1.29, 1.82) is 0 Å². The Morgan fingerprint density at radius 2 is 2.00 bits per heavy atom. The van der Waals surface area contributed by atoms with Crippen molar-refractivity contribution in [3.63, 3.8) is 0 Å². The summed E-state index contributed by atoms with van der Waals surface area (Å²) in [5.74, 6) is -0.128. The molecule has 0 heterocycles. The first-order chi connectivity index (χ1) is 6.56. The third-order valence-corrected chi connectivity index (χ3v) is 2.38. The first kappa shape index (κ1) is 14.8. The molecule has 0 amide bonds. The van der Waals surface area contributed by atoms with E-state index in [4.69, 9.17) is 28.9 Å². The van der Waals surface area contributed by atoms with E-state index in [9.17, 15) is 9.50 Å². The van der Waals surface area contributed by atoms with E-state index in [-0.39, 0.29) is 29.6 Å². The fraction of sp³-hybridized carbons (Fsp3) is 0.333.